The van der Waals surface area contributed by atoms with Gasteiger partial charge in [0, 0.05) is 13.1 Å². The number of rotatable bonds is 5. The van der Waals surface area contributed by atoms with Crippen LogP contribution in [0.2, 0.25) is 0 Å². The van der Waals surface area contributed by atoms with E-state index in [1.54, 1.807) is 12.1 Å². The summed E-state index contributed by atoms with van der Waals surface area (Å²) in [6.07, 6.45) is -0.817. The van der Waals surface area contributed by atoms with Crippen LogP contribution in [0, 0.1) is 6.92 Å². The molecule has 0 aliphatic carbocycles. The molecular formula is C18H24N4O3S. The molecule has 1 aromatic carbocycles. The zero-order valence-corrected chi connectivity index (χ0v) is 15.9. The lowest BCUT2D eigenvalue weighted by Crippen LogP contribution is -2.42. The third-order valence-electron chi connectivity index (χ3n) is 4.56. The van der Waals surface area contributed by atoms with Crippen molar-refractivity contribution < 1.29 is 13.5 Å². The van der Waals surface area contributed by atoms with Crippen molar-refractivity contribution in [3.8, 4) is 0 Å². The van der Waals surface area contributed by atoms with Gasteiger partial charge in [-0.2, -0.15) is 5.10 Å². The van der Waals surface area contributed by atoms with Crippen LogP contribution in [0.1, 0.15) is 31.0 Å². The van der Waals surface area contributed by atoms with E-state index < -0.39 is 22.2 Å². The molecule has 0 bridgehead atoms. The Morgan fingerprint density at radius 3 is 2.38 bits per heavy atom. The van der Waals surface area contributed by atoms with E-state index in [1.165, 1.54) is 0 Å². The average molecular weight is 376 g/mol. The molecule has 1 saturated heterocycles. The molecule has 2 heterocycles. The largest absolute Gasteiger partial charge is 0.390 e. The number of nitrogens with one attached hydrogen (secondary N) is 1. The molecule has 7 nitrogen and oxygen atoms in total. The summed E-state index contributed by atoms with van der Waals surface area (Å²) in [7, 11) is -3.70. The van der Waals surface area contributed by atoms with Crippen molar-refractivity contribution >= 4 is 15.8 Å². The maximum absolute atomic E-state index is 12.6. The van der Waals surface area contributed by atoms with E-state index in [2.05, 4.69) is 28.8 Å². The molecule has 2 atom stereocenters. The Morgan fingerprint density at radius 2 is 1.81 bits per heavy atom. The van der Waals surface area contributed by atoms with Crippen LogP contribution >= 0.6 is 0 Å². The first-order valence-electron chi connectivity index (χ1n) is 8.62. The number of aliphatic hydroxyl groups is 1. The van der Waals surface area contributed by atoms with Crippen LogP contribution in [-0.4, -0.2) is 49.0 Å². The Morgan fingerprint density at radius 1 is 1.12 bits per heavy atom. The van der Waals surface area contributed by atoms with Crippen LogP contribution in [0.25, 0.3) is 0 Å². The Kier molecular flexibility index (Phi) is 5.27. The van der Waals surface area contributed by atoms with Crippen LogP contribution in [-0.2, 0) is 10.0 Å². The molecule has 8 heteroatoms. The van der Waals surface area contributed by atoms with Crippen molar-refractivity contribution in [2.24, 2.45) is 0 Å². The topological polar surface area (TPSA) is 95.4 Å². The Hall–Kier alpha value is -2.03. The maximum atomic E-state index is 12.6. The second-order valence-electron chi connectivity index (χ2n) is 6.96. The lowest BCUT2D eigenvalue weighted by atomic mass is 10.0. The molecule has 2 aromatic rings. The highest BCUT2D eigenvalue weighted by atomic mass is 32.2. The fraction of sp³-hybridized carbons (Fsp3) is 0.444. The van der Waals surface area contributed by atoms with Gasteiger partial charge in [0.05, 0.1) is 22.7 Å². The third-order valence-corrected chi connectivity index (χ3v) is 6.07. The van der Waals surface area contributed by atoms with Crippen LogP contribution in [0.15, 0.2) is 41.3 Å². The van der Waals surface area contributed by atoms with Gasteiger partial charge in [0.25, 0.3) is 0 Å². The molecule has 140 valence electrons. The summed E-state index contributed by atoms with van der Waals surface area (Å²) in [4.78, 5) is 2.02. The number of sulfonamides is 1. The molecular weight excluding hydrogens is 352 g/mol. The molecule has 0 radical (unpaired) electrons. The first kappa shape index (κ1) is 18.8. The summed E-state index contributed by atoms with van der Waals surface area (Å²) < 4.78 is 27.9. The minimum Gasteiger partial charge on any atom is -0.390 e. The molecule has 0 unspecified atom stereocenters. The number of aromatic nitrogens is 2. The van der Waals surface area contributed by atoms with Gasteiger partial charge in [-0.05, 0) is 42.7 Å². The number of hydrogen-bond donors (Lipinski definition) is 2. The van der Waals surface area contributed by atoms with Crippen molar-refractivity contribution in [2.45, 2.75) is 43.7 Å². The molecule has 0 spiro atoms. The van der Waals surface area contributed by atoms with Gasteiger partial charge in [-0.1, -0.05) is 26.0 Å². The van der Waals surface area contributed by atoms with E-state index in [0.29, 0.717) is 24.8 Å². The van der Waals surface area contributed by atoms with Gasteiger partial charge in [-0.15, -0.1) is 5.10 Å². The highest BCUT2D eigenvalue weighted by Gasteiger charge is 2.35. The standard InChI is InChI=1S/C18H24N4O3S/c1-12(2)14-5-7-15(8-6-14)26(24,25)21-16-10-22(11-17(16)23)18-9-4-13(3)19-20-18/h4-9,12,16-17,21,23H,10-11H2,1-3H3/t16-,17-/m1/s1. The molecule has 1 aliphatic heterocycles. The minimum absolute atomic E-state index is 0.197. The molecule has 1 fully saturated rings. The van der Waals surface area contributed by atoms with E-state index in [0.717, 1.165) is 11.3 Å². The highest BCUT2D eigenvalue weighted by Crippen LogP contribution is 2.21. The summed E-state index contributed by atoms with van der Waals surface area (Å²) in [6.45, 7) is 6.59. The summed E-state index contributed by atoms with van der Waals surface area (Å²) in [5, 5.41) is 18.4. The van der Waals surface area contributed by atoms with Crippen LogP contribution in [0.4, 0.5) is 5.82 Å². The van der Waals surface area contributed by atoms with Gasteiger partial charge in [-0.25, -0.2) is 13.1 Å². The van der Waals surface area contributed by atoms with Crippen LogP contribution in [0.5, 0.6) is 0 Å². The zero-order chi connectivity index (χ0) is 18.9. The smallest absolute Gasteiger partial charge is 0.240 e. The number of β-amino-alcohol motifs (C(OH)–C–C–N with tert-alkyl or cyclic N) is 1. The monoisotopic (exact) mass is 376 g/mol. The molecule has 2 N–H and O–H groups in total. The first-order valence-corrected chi connectivity index (χ1v) is 10.1. The first-order chi connectivity index (χ1) is 12.3. The van der Waals surface area contributed by atoms with E-state index in [4.69, 9.17) is 0 Å². The molecule has 1 aromatic heterocycles. The van der Waals surface area contributed by atoms with Gasteiger partial charge in [0.1, 0.15) is 0 Å². The second kappa shape index (κ2) is 7.30. The molecule has 0 amide bonds. The van der Waals surface area contributed by atoms with Crippen LogP contribution in [0.3, 0.4) is 0 Å². The van der Waals surface area contributed by atoms with Crippen molar-refractivity contribution in [3.05, 3.63) is 47.7 Å². The summed E-state index contributed by atoms with van der Waals surface area (Å²) in [5.41, 5.74) is 1.88. The fourth-order valence-electron chi connectivity index (χ4n) is 2.95. The zero-order valence-electron chi connectivity index (χ0n) is 15.1. The summed E-state index contributed by atoms with van der Waals surface area (Å²) >= 11 is 0. The lowest BCUT2D eigenvalue weighted by Gasteiger charge is -2.17. The summed E-state index contributed by atoms with van der Waals surface area (Å²) in [6, 6.07) is 9.88. The molecule has 0 saturated carbocycles. The number of anilines is 1. The van der Waals surface area contributed by atoms with Gasteiger partial charge in [-0.3, -0.25) is 0 Å². The quantitative estimate of drug-likeness (QED) is 0.820. The van der Waals surface area contributed by atoms with Gasteiger partial charge < -0.3 is 10.0 Å². The molecule has 3 rings (SSSR count). The second-order valence-corrected chi connectivity index (χ2v) is 8.67. The van der Waals surface area contributed by atoms with Gasteiger partial charge in [0.15, 0.2) is 5.82 Å². The average Bonchev–Trinajstić information content (AvgIpc) is 2.95. The lowest BCUT2D eigenvalue weighted by molar-refractivity contribution is 0.174. The SMILES string of the molecule is Cc1ccc(N2C[C@@H](O)[C@H](NS(=O)(=O)c3ccc(C(C)C)cc3)C2)nn1. The van der Waals surface area contributed by atoms with Crippen LogP contribution < -0.4 is 9.62 Å². The van der Waals surface area contributed by atoms with E-state index in [-0.39, 0.29) is 4.90 Å². The number of hydrogen-bond acceptors (Lipinski definition) is 6. The third kappa shape index (κ3) is 4.03. The Balaban J connectivity index is 1.72. The fourth-order valence-corrected chi connectivity index (χ4v) is 4.21. The highest BCUT2D eigenvalue weighted by molar-refractivity contribution is 7.89. The van der Waals surface area contributed by atoms with Crippen molar-refractivity contribution in [3.63, 3.8) is 0 Å². The van der Waals surface area contributed by atoms with Gasteiger partial charge >= 0.3 is 0 Å². The predicted octanol–water partition coefficient (Wildman–Crippen LogP) is 1.44. The van der Waals surface area contributed by atoms with E-state index >= 15 is 0 Å². The number of aryl methyl sites for hydroxylation is 1. The van der Waals surface area contributed by atoms with E-state index in [1.807, 2.05) is 36.1 Å². The van der Waals surface area contributed by atoms with E-state index in [9.17, 15) is 13.5 Å². The Labute approximate surface area is 154 Å². The number of aliphatic hydroxyl groups excluding tert-OH is 1. The summed E-state index contributed by atoms with van der Waals surface area (Å²) in [5.74, 6) is 0.957. The van der Waals surface area contributed by atoms with Gasteiger partial charge in [0.2, 0.25) is 10.0 Å². The normalized spacial score (nSPS) is 20.7. The molecule has 26 heavy (non-hydrogen) atoms. The molecule has 1 aliphatic rings. The number of benzene rings is 1. The van der Waals surface area contributed by atoms with Crippen molar-refractivity contribution in [2.75, 3.05) is 18.0 Å². The van der Waals surface area contributed by atoms with Crippen molar-refractivity contribution in [1.82, 2.24) is 14.9 Å². The predicted molar refractivity (Wildman–Crippen MR) is 99.6 cm³/mol. The Bertz CT molecular complexity index is 851. The number of nitrogens with zero attached hydrogens (tertiary/aromatic N) is 3. The van der Waals surface area contributed by atoms with Crippen molar-refractivity contribution in [1.29, 1.82) is 0 Å². The maximum Gasteiger partial charge on any atom is 0.240 e. The minimum atomic E-state index is -3.70.